The Kier molecular flexibility index (Phi) is 7.08. The third-order valence-corrected chi connectivity index (χ3v) is 6.70. The second-order valence-corrected chi connectivity index (χ2v) is 9.19. The summed E-state index contributed by atoms with van der Waals surface area (Å²) in [7, 11) is 0. The maximum absolute atomic E-state index is 4.87. The lowest BCUT2D eigenvalue weighted by molar-refractivity contribution is 0.581. The fraction of sp³-hybridized carbons (Fsp3) is 0.214. The highest BCUT2D eigenvalue weighted by molar-refractivity contribution is 8.02. The molecule has 0 bridgehead atoms. The minimum atomic E-state index is 0.865. The monoisotopic (exact) mass is 467 g/mol. The number of benzene rings is 2. The van der Waals surface area contributed by atoms with E-state index < -0.39 is 0 Å². The molecule has 2 aromatic carbocycles. The molecule has 172 valence electrons. The summed E-state index contributed by atoms with van der Waals surface area (Å²) >= 11 is 1.70. The third-order valence-electron chi connectivity index (χ3n) is 6.03. The first-order valence-corrected chi connectivity index (χ1v) is 12.9. The van der Waals surface area contributed by atoms with Gasteiger partial charge in [0.15, 0.2) is 0 Å². The molecule has 0 radical (unpaired) electrons. The van der Waals surface area contributed by atoms with E-state index in [2.05, 4.69) is 99.0 Å². The number of fused-ring (bicyclic) bond motifs is 1. The summed E-state index contributed by atoms with van der Waals surface area (Å²) in [5.41, 5.74) is 7.10. The Balaban J connectivity index is 1.30. The van der Waals surface area contributed by atoms with Crippen LogP contribution in [0.5, 0.6) is 0 Å². The first kappa shape index (κ1) is 22.4. The number of aromatic nitrogens is 2. The molecule has 6 heteroatoms. The summed E-state index contributed by atoms with van der Waals surface area (Å²) < 4.78 is 2.11. The zero-order chi connectivity index (χ0) is 23.2. The number of hydrogen-bond donors (Lipinski definition) is 1. The largest absolute Gasteiger partial charge is 0.337 e. The molecular formula is C28H29N5S. The standard InChI is InChI=1S/C28H29N5S/c1-34-28-13-12-24-20-33(25-6-3-2-4-7-25)27(18-26(24)31-28)23-10-8-22(9-11-23)19-29-14-5-16-32-17-15-30-21-32/h2-4,6-11,13,15,17-18,20-21,29H,5,12,14,16,19H2,1H3. The van der Waals surface area contributed by atoms with Gasteiger partial charge in [0.05, 0.1) is 22.8 Å². The average Bonchev–Trinajstić information content (AvgIpc) is 3.42. The van der Waals surface area contributed by atoms with Crippen LogP contribution < -0.4 is 10.2 Å². The molecule has 0 atom stereocenters. The van der Waals surface area contributed by atoms with E-state index in [1.165, 1.54) is 16.7 Å². The topological polar surface area (TPSA) is 45.5 Å². The van der Waals surface area contributed by atoms with E-state index in [-0.39, 0.29) is 0 Å². The number of rotatable bonds is 9. The van der Waals surface area contributed by atoms with Gasteiger partial charge in [-0.3, -0.25) is 0 Å². The summed E-state index contributed by atoms with van der Waals surface area (Å²) in [5.74, 6) is 0. The molecule has 0 spiro atoms. The molecule has 0 fully saturated rings. The number of imidazole rings is 1. The Morgan fingerprint density at radius 2 is 1.91 bits per heavy atom. The van der Waals surface area contributed by atoms with E-state index in [9.17, 15) is 0 Å². The van der Waals surface area contributed by atoms with Crippen molar-refractivity contribution in [1.82, 2.24) is 14.9 Å². The molecule has 5 nitrogen and oxygen atoms in total. The van der Waals surface area contributed by atoms with Crippen LogP contribution in [-0.2, 0) is 13.1 Å². The number of nitrogens with zero attached hydrogens (tertiary/aromatic N) is 4. The van der Waals surface area contributed by atoms with E-state index in [1.807, 2.05) is 18.7 Å². The van der Waals surface area contributed by atoms with Crippen LogP contribution in [-0.4, -0.2) is 28.1 Å². The molecule has 3 heterocycles. The zero-order valence-electron chi connectivity index (χ0n) is 19.4. The SMILES string of the molecule is CSC1=CCC2=CN(c3ccccc3)C(c3ccc(CNCCCn4ccnc4)cc3)=CC2=N1. The average molecular weight is 468 g/mol. The molecular weight excluding hydrogens is 438 g/mol. The lowest BCUT2D eigenvalue weighted by Gasteiger charge is -2.30. The highest BCUT2D eigenvalue weighted by Crippen LogP contribution is 2.35. The second-order valence-electron chi connectivity index (χ2n) is 8.36. The number of aliphatic imine (C=N–C) groups is 1. The summed E-state index contributed by atoms with van der Waals surface area (Å²) in [6, 6.07) is 19.4. The molecule has 0 saturated carbocycles. The Bertz CT molecular complexity index is 1220. The smallest absolute Gasteiger partial charge is 0.0945 e. The molecule has 0 aliphatic carbocycles. The van der Waals surface area contributed by atoms with Gasteiger partial charge in [-0.05, 0) is 66.6 Å². The molecule has 1 aromatic heterocycles. The quantitative estimate of drug-likeness (QED) is 0.401. The van der Waals surface area contributed by atoms with E-state index in [4.69, 9.17) is 4.99 Å². The molecule has 2 aliphatic rings. The van der Waals surface area contributed by atoms with E-state index in [0.29, 0.717) is 0 Å². The lowest BCUT2D eigenvalue weighted by atomic mass is 9.97. The minimum Gasteiger partial charge on any atom is -0.337 e. The van der Waals surface area contributed by atoms with Crippen LogP contribution in [0.1, 0.15) is 24.0 Å². The number of para-hydroxylation sites is 1. The molecule has 34 heavy (non-hydrogen) atoms. The van der Waals surface area contributed by atoms with Gasteiger partial charge in [0.25, 0.3) is 0 Å². The second kappa shape index (κ2) is 10.7. The first-order chi connectivity index (χ1) is 16.8. The maximum atomic E-state index is 4.87. The van der Waals surface area contributed by atoms with Crippen molar-refractivity contribution in [3.8, 4) is 0 Å². The third kappa shape index (κ3) is 5.24. The predicted molar refractivity (Wildman–Crippen MR) is 144 cm³/mol. The maximum Gasteiger partial charge on any atom is 0.0945 e. The number of allylic oxidation sites excluding steroid dienone is 3. The summed E-state index contributed by atoms with van der Waals surface area (Å²) in [5, 5.41) is 4.64. The number of nitrogens with one attached hydrogen (secondary N) is 1. The van der Waals surface area contributed by atoms with Crippen molar-refractivity contribution in [3.05, 3.63) is 113 Å². The van der Waals surface area contributed by atoms with Crippen LogP contribution in [0.15, 0.2) is 107 Å². The molecule has 2 aliphatic heterocycles. The highest BCUT2D eigenvalue weighted by Gasteiger charge is 2.22. The summed E-state index contributed by atoms with van der Waals surface area (Å²) in [6.07, 6.45) is 16.5. The van der Waals surface area contributed by atoms with Crippen molar-refractivity contribution < 1.29 is 0 Å². The van der Waals surface area contributed by atoms with E-state index >= 15 is 0 Å². The number of aryl methyl sites for hydroxylation is 1. The highest BCUT2D eigenvalue weighted by atomic mass is 32.2. The van der Waals surface area contributed by atoms with Crippen LogP contribution in [0.2, 0.25) is 0 Å². The van der Waals surface area contributed by atoms with Crippen molar-refractivity contribution in [2.75, 3.05) is 17.7 Å². The van der Waals surface area contributed by atoms with Crippen molar-refractivity contribution in [2.24, 2.45) is 4.99 Å². The fourth-order valence-corrected chi connectivity index (χ4v) is 4.63. The van der Waals surface area contributed by atoms with Crippen LogP contribution in [0.4, 0.5) is 5.69 Å². The lowest BCUT2D eigenvalue weighted by Crippen LogP contribution is -2.23. The molecule has 0 saturated heterocycles. The van der Waals surface area contributed by atoms with Gasteiger partial charge in [-0.25, -0.2) is 9.98 Å². The van der Waals surface area contributed by atoms with Crippen LogP contribution in [0.25, 0.3) is 5.70 Å². The molecule has 5 rings (SSSR count). The van der Waals surface area contributed by atoms with Crippen LogP contribution >= 0.6 is 11.8 Å². The van der Waals surface area contributed by atoms with Crippen molar-refractivity contribution in [3.63, 3.8) is 0 Å². The van der Waals surface area contributed by atoms with Gasteiger partial charge in [0.1, 0.15) is 0 Å². The molecule has 1 N–H and O–H groups in total. The molecule has 0 unspecified atom stereocenters. The zero-order valence-corrected chi connectivity index (χ0v) is 20.2. The van der Waals surface area contributed by atoms with Crippen LogP contribution in [0, 0.1) is 0 Å². The van der Waals surface area contributed by atoms with Gasteiger partial charge in [-0.15, -0.1) is 11.8 Å². The summed E-state index contributed by atoms with van der Waals surface area (Å²) in [6.45, 7) is 2.83. The Labute approximate surface area is 205 Å². The van der Waals surface area contributed by atoms with Gasteiger partial charge in [0, 0.05) is 37.4 Å². The predicted octanol–water partition coefficient (Wildman–Crippen LogP) is 5.86. The van der Waals surface area contributed by atoms with E-state index in [1.54, 1.807) is 11.8 Å². The molecule has 0 amide bonds. The first-order valence-electron chi connectivity index (χ1n) is 11.7. The Morgan fingerprint density at radius 3 is 2.68 bits per heavy atom. The molecule has 3 aromatic rings. The number of thioether (sulfide) groups is 1. The van der Waals surface area contributed by atoms with Crippen LogP contribution in [0.3, 0.4) is 0 Å². The van der Waals surface area contributed by atoms with Gasteiger partial charge in [-0.2, -0.15) is 0 Å². The van der Waals surface area contributed by atoms with Gasteiger partial charge < -0.3 is 14.8 Å². The summed E-state index contributed by atoms with van der Waals surface area (Å²) in [4.78, 5) is 11.3. The number of hydrogen-bond acceptors (Lipinski definition) is 5. The number of anilines is 1. The minimum absolute atomic E-state index is 0.865. The Morgan fingerprint density at radius 1 is 1.06 bits per heavy atom. The van der Waals surface area contributed by atoms with Gasteiger partial charge in [-0.1, -0.05) is 42.5 Å². The van der Waals surface area contributed by atoms with E-state index in [0.717, 1.165) is 54.6 Å². The Hall–Kier alpha value is -3.35. The normalized spacial score (nSPS) is 15.3. The van der Waals surface area contributed by atoms with Gasteiger partial charge in [0.2, 0.25) is 0 Å². The van der Waals surface area contributed by atoms with Gasteiger partial charge >= 0.3 is 0 Å². The van der Waals surface area contributed by atoms with Crippen molar-refractivity contribution >= 4 is 28.9 Å². The fourth-order valence-electron chi connectivity index (χ4n) is 4.19. The van der Waals surface area contributed by atoms with Crippen molar-refractivity contribution in [2.45, 2.75) is 25.9 Å². The van der Waals surface area contributed by atoms with Crippen molar-refractivity contribution in [1.29, 1.82) is 0 Å².